The lowest BCUT2D eigenvalue weighted by molar-refractivity contribution is 0.0454. The first-order valence-electron chi connectivity index (χ1n) is 8.26. The Kier molecular flexibility index (Phi) is 4.40. The fourth-order valence-electron chi connectivity index (χ4n) is 4.40. The Morgan fingerprint density at radius 3 is 2.00 bits per heavy atom. The summed E-state index contributed by atoms with van der Waals surface area (Å²) in [6.45, 7) is 4.86. The summed E-state index contributed by atoms with van der Waals surface area (Å²) in [6, 6.07) is 4.00. The van der Waals surface area contributed by atoms with Gasteiger partial charge in [0.05, 0.1) is 12.0 Å². The molecule has 0 spiro atoms. The van der Waals surface area contributed by atoms with Crippen molar-refractivity contribution in [3.8, 4) is 6.07 Å². The van der Waals surface area contributed by atoms with E-state index in [4.69, 9.17) is 0 Å². The highest BCUT2D eigenvalue weighted by atomic mass is 15.3. The zero-order valence-electron chi connectivity index (χ0n) is 12.1. The lowest BCUT2D eigenvalue weighted by atomic mass is 9.84. The molecule has 3 fully saturated rings. The van der Waals surface area contributed by atoms with Crippen LogP contribution in [0.2, 0.25) is 0 Å². The SMILES string of the molecule is N#CC1CCCCC1N1CCN(C2CCCC2)CC1. The molecule has 1 heterocycles. The third-order valence-corrected chi connectivity index (χ3v) is 5.55. The molecule has 19 heavy (non-hydrogen) atoms. The monoisotopic (exact) mass is 261 g/mol. The summed E-state index contributed by atoms with van der Waals surface area (Å²) in [5, 5.41) is 9.33. The molecule has 2 unspecified atom stereocenters. The fourth-order valence-corrected chi connectivity index (χ4v) is 4.40. The molecule has 2 atom stereocenters. The first kappa shape index (κ1) is 13.4. The van der Waals surface area contributed by atoms with Gasteiger partial charge in [0, 0.05) is 38.3 Å². The Hall–Kier alpha value is -0.590. The molecule has 0 aromatic heterocycles. The Morgan fingerprint density at radius 1 is 0.737 bits per heavy atom. The van der Waals surface area contributed by atoms with Gasteiger partial charge in [0.1, 0.15) is 0 Å². The van der Waals surface area contributed by atoms with Gasteiger partial charge in [-0.15, -0.1) is 0 Å². The molecule has 3 heteroatoms. The molecule has 0 aromatic rings. The van der Waals surface area contributed by atoms with Gasteiger partial charge in [-0.2, -0.15) is 5.26 Å². The van der Waals surface area contributed by atoms with Crippen molar-refractivity contribution in [3.63, 3.8) is 0 Å². The van der Waals surface area contributed by atoms with E-state index in [1.165, 1.54) is 71.1 Å². The average Bonchev–Trinajstić information content (AvgIpc) is 3.02. The molecule has 1 aliphatic heterocycles. The normalized spacial score (nSPS) is 35.3. The Balaban J connectivity index is 1.53. The van der Waals surface area contributed by atoms with E-state index >= 15 is 0 Å². The summed E-state index contributed by atoms with van der Waals surface area (Å²) in [7, 11) is 0. The summed E-state index contributed by atoms with van der Waals surface area (Å²) < 4.78 is 0. The van der Waals surface area contributed by atoms with E-state index in [2.05, 4.69) is 15.9 Å². The number of nitrogens with zero attached hydrogens (tertiary/aromatic N) is 3. The lowest BCUT2D eigenvalue weighted by Gasteiger charge is -2.44. The van der Waals surface area contributed by atoms with E-state index in [0.717, 1.165) is 12.5 Å². The van der Waals surface area contributed by atoms with Gasteiger partial charge in [-0.05, 0) is 25.7 Å². The number of hydrogen-bond donors (Lipinski definition) is 0. The zero-order valence-corrected chi connectivity index (χ0v) is 12.1. The summed E-state index contributed by atoms with van der Waals surface area (Å²) in [6.07, 6.45) is 10.7. The van der Waals surface area contributed by atoms with E-state index in [-0.39, 0.29) is 0 Å². The van der Waals surface area contributed by atoms with Crippen molar-refractivity contribution in [3.05, 3.63) is 0 Å². The van der Waals surface area contributed by atoms with Gasteiger partial charge < -0.3 is 0 Å². The van der Waals surface area contributed by atoms with Crippen LogP contribution in [0, 0.1) is 17.2 Å². The third kappa shape index (κ3) is 2.95. The molecule has 0 aromatic carbocycles. The molecule has 0 amide bonds. The second-order valence-electron chi connectivity index (χ2n) is 6.60. The van der Waals surface area contributed by atoms with Crippen LogP contribution in [0.15, 0.2) is 0 Å². The summed E-state index contributed by atoms with van der Waals surface area (Å²) in [5.74, 6) is 0.298. The molecule has 0 bridgehead atoms. The third-order valence-electron chi connectivity index (χ3n) is 5.55. The molecule has 3 aliphatic rings. The molecule has 0 N–H and O–H groups in total. The average molecular weight is 261 g/mol. The van der Waals surface area contributed by atoms with Crippen LogP contribution in [-0.4, -0.2) is 48.1 Å². The highest BCUT2D eigenvalue weighted by Gasteiger charge is 2.33. The number of hydrogen-bond acceptors (Lipinski definition) is 3. The van der Waals surface area contributed by atoms with Gasteiger partial charge >= 0.3 is 0 Å². The Morgan fingerprint density at radius 2 is 1.32 bits per heavy atom. The molecule has 3 rings (SSSR count). The minimum Gasteiger partial charge on any atom is -0.298 e. The van der Waals surface area contributed by atoms with Crippen molar-refractivity contribution in [2.75, 3.05) is 26.2 Å². The minimum absolute atomic E-state index is 0.298. The van der Waals surface area contributed by atoms with Crippen molar-refractivity contribution in [2.24, 2.45) is 5.92 Å². The Labute approximate surface area is 117 Å². The maximum atomic E-state index is 9.33. The van der Waals surface area contributed by atoms with Gasteiger partial charge in [0.25, 0.3) is 0 Å². The predicted octanol–water partition coefficient (Wildman–Crippen LogP) is 2.63. The van der Waals surface area contributed by atoms with Crippen LogP contribution < -0.4 is 0 Å². The molecular weight excluding hydrogens is 234 g/mol. The first-order chi connectivity index (χ1) is 9.38. The maximum absolute atomic E-state index is 9.33. The number of piperazine rings is 1. The van der Waals surface area contributed by atoms with Crippen LogP contribution in [0.3, 0.4) is 0 Å². The van der Waals surface area contributed by atoms with E-state index in [1.807, 2.05) is 0 Å². The standard InChI is InChI=1S/C16H27N3/c17-13-14-5-1-4-8-16(14)19-11-9-18(10-12-19)15-6-2-3-7-15/h14-16H,1-12H2. The summed E-state index contributed by atoms with van der Waals surface area (Å²) in [5.41, 5.74) is 0. The lowest BCUT2D eigenvalue weighted by Crippen LogP contribution is -2.54. The predicted molar refractivity (Wildman–Crippen MR) is 76.8 cm³/mol. The number of rotatable bonds is 2. The van der Waals surface area contributed by atoms with Crippen molar-refractivity contribution >= 4 is 0 Å². The van der Waals surface area contributed by atoms with Crippen molar-refractivity contribution in [2.45, 2.75) is 63.5 Å². The van der Waals surface area contributed by atoms with Gasteiger partial charge in [-0.1, -0.05) is 25.7 Å². The topological polar surface area (TPSA) is 30.3 Å². The second-order valence-corrected chi connectivity index (χ2v) is 6.60. The van der Waals surface area contributed by atoms with Crippen molar-refractivity contribution in [1.82, 2.24) is 9.80 Å². The maximum Gasteiger partial charge on any atom is 0.0672 e. The minimum atomic E-state index is 0.298. The molecule has 1 saturated heterocycles. The fraction of sp³-hybridized carbons (Fsp3) is 0.938. The van der Waals surface area contributed by atoms with Crippen LogP contribution >= 0.6 is 0 Å². The largest absolute Gasteiger partial charge is 0.298 e. The van der Waals surface area contributed by atoms with Crippen LogP contribution in [-0.2, 0) is 0 Å². The van der Waals surface area contributed by atoms with Gasteiger partial charge in [0.15, 0.2) is 0 Å². The van der Waals surface area contributed by atoms with Crippen LogP contribution in [0.25, 0.3) is 0 Å². The quantitative estimate of drug-likeness (QED) is 0.765. The molecule has 2 saturated carbocycles. The van der Waals surface area contributed by atoms with Gasteiger partial charge in [0.2, 0.25) is 0 Å². The smallest absolute Gasteiger partial charge is 0.0672 e. The van der Waals surface area contributed by atoms with E-state index in [9.17, 15) is 5.26 Å². The van der Waals surface area contributed by atoms with E-state index in [1.54, 1.807) is 0 Å². The molecular formula is C16H27N3. The molecule has 3 nitrogen and oxygen atoms in total. The first-order valence-corrected chi connectivity index (χ1v) is 8.26. The van der Waals surface area contributed by atoms with Gasteiger partial charge in [-0.25, -0.2) is 0 Å². The Bertz CT molecular complexity index is 321. The second kappa shape index (κ2) is 6.24. The van der Waals surface area contributed by atoms with E-state index < -0.39 is 0 Å². The molecule has 2 aliphatic carbocycles. The highest BCUT2D eigenvalue weighted by molar-refractivity contribution is 4.97. The summed E-state index contributed by atoms with van der Waals surface area (Å²) >= 11 is 0. The van der Waals surface area contributed by atoms with Crippen molar-refractivity contribution < 1.29 is 0 Å². The molecule has 0 radical (unpaired) electrons. The van der Waals surface area contributed by atoms with Crippen LogP contribution in [0.4, 0.5) is 0 Å². The summed E-state index contributed by atoms with van der Waals surface area (Å²) in [4.78, 5) is 5.34. The highest BCUT2D eigenvalue weighted by Crippen LogP contribution is 2.30. The number of nitriles is 1. The van der Waals surface area contributed by atoms with E-state index in [0.29, 0.717) is 12.0 Å². The van der Waals surface area contributed by atoms with Crippen LogP contribution in [0.5, 0.6) is 0 Å². The van der Waals surface area contributed by atoms with Gasteiger partial charge in [-0.3, -0.25) is 9.80 Å². The molecule has 106 valence electrons. The zero-order chi connectivity index (χ0) is 13.1. The van der Waals surface area contributed by atoms with Crippen LogP contribution in [0.1, 0.15) is 51.4 Å². The van der Waals surface area contributed by atoms with Crippen molar-refractivity contribution in [1.29, 1.82) is 5.26 Å².